The lowest BCUT2D eigenvalue weighted by molar-refractivity contribution is 0.0126. The molecule has 1 fully saturated rings. The number of nitrogens with zero attached hydrogens (tertiary/aromatic N) is 3. The first-order valence-electron chi connectivity index (χ1n) is 8.47. The molecule has 7 heteroatoms. The van der Waals surface area contributed by atoms with E-state index in [9.17, 15) is 4.79 Å². The fourth-order valence-electron chi connectivity index (χ4n) is 2.58. The minimum atomic E-state index is -0.151. The molecular weight excluding hydrogens is 320 g/mol. The van der Waals surface area contributed by atoms with Crippen LogP contribution in [0.5, 0.6) is 0 Å². The minimum absolute atomic E-state index is 0.0731. The Morgan fingerprint density at radius 2 is 2.04 bits per heavy atom. The van der Waals surface area contributed by atoms with Crippen LogP contribution in [0.1, 0.15) is 37.0 Å². The van der Waals surface area contributed by atoms with Crippen LogP contribution in [0.2, 0.25) is 0 Å². The zero-order chi connectivity index (χ0) is 17.9. The smallest absolute Gasteiger partial charge is 0.265 e. The van der Waals surface area contributed by atoms with Crippen molar-refractivity contribution in [3.8, 4) is 11.4 Å². The zero-order valence-electron chi connectivity index (χ0n) is 14.9. The normalized spacial score (nSPS) is 16.0. The maximum Gasteiger partial charge on any atom is 0.265 e. The Kier molecular flexibility index (Phi) is 5.15. The van der Waals surface area contributed by atoms with Gasteiger partial charge in [0.25, 0.3) is 5.91 Å². The van der Waals surface area contributed by atoms with Gasteiger partial charge in [-0.15, -0.1) is 0 Å². The summed E-state index contributed by atoms with van der Waals surface area (Å²) in [6.07, 6.45) is 0.706. The lowest BCUT2D eigenvalue weighted by Gasteiger charge is -2.26. The highest BCUT2D eigenvalue weighted by atomic mass is 16.5. The Morgan fingerprint density at radius 3 is 2.76 bits per heavy atom. The molecule has 2 heterocycles. The molecule has 1 aromatic heterocycles. The van der Waals surface area contributed by atoms with Crippen LogP contribution in [-0.4, -0.2) is 47.4 Å². The second-order valence-electron chi connectivity index (χ2n) is 7.37. The van der Waals surface area contributed by atoms with Crippen molar-refractivity contribution in [2.24, 2.45) is 5.41 Å². The van der Waals surface area contributed by atoms with Crippen molar-refractivity contribution in [1.82, 2.24) is 20.6 Å². The number of benzene rings is 1. The fraction of sp³-hybridized carbons (Fsp3) is 0.500. The van der Waals surface area contributed by atoms with Crippen molar-refractivity contribution in [2.75, 3.05) is 26.3 Å². The third-order valence-electron chi connectivity index (χ3n) is 3.80. The number of amides is 1. The van der Waals surface area contributed by atoms with Crippen LogP contribution < -0.4 is 5.43 Å². The van der Waals surface area contributed by atoms with Gasteiger partial charge in [-0.1, -0.05) is 38.1 Å². The molecule has 0 bridgehead atoms. The van der Waals surface area contributed by atoms with Crippen molar-refractivity contribution < 1.29 is 14.1 Å². The SMILES string of the molecule is CC(C)(C)Cc1nc(-c2cccc(C(=O)NN3CCOCC3)c2)no1. The predicted octanol–water partition coefficient (Wildman–Crippen LogP) is 2.30. The number of carbonyl (C=O) groups excluding carboxylic acids is 1. The minimum Gasteiger partial charge on any atom is -0.379 e. The molecule has 1 aliphatic rings. The average molecular weight is 344 g/mol. The highest BCUT2D eigenvalue weighted by Gasteiger charge is 2.18. The van der Waals surface area contributed by atoms with Crippen LogP contribution in [0.25, 0.3) is 11.4 Å². The first kappa shape index (κ1) is 17.6. The predicted molar refractivity (Wildman–Crippen MR) is 92.8 cm³/mol. The Labute approximate surface area is 147 Å². The first-order chi connectivity index (χ1) is 11.9. The monoisotopic (exact) mass is 344 g/mol. The molecule has 0 atom stereocenters. The molecule has 1 N–H and O–H groups in total. The maximum atomic E-state index is 12.4. The topological polar surface area (TPSA) is 80.5 Å². The molecule has 3 rings (SSSR count). The van der Waals surface area contributed by atoms with E-state index in [-0.39, 0.29) is 11.3 Å². The summed E-state index contributed by atoms with van der Waals surface area (Å²) < 4.78 is 10.6. The number of hydrogen-bond acceptors (Lipinski definition) is 6. The highest BCUT2D eigenvalue weighted by Crippen LogP contribution is 2.22. The lowest BCUT2D eigenvalue weighted by Crippen LogP contribution is -2.48. The second kappa shape index (κ2) is 7.33. The standard InChI is InChI=1S/C18H24N4O3/c1-18(2,3)12-15-19-16(21-25-15)13-5-4-6-14(11-13)17(23)20-22-7-9-24-10-8-22/h4-6,11H,7-10,12H2,1-3H3,(H,20,23). The van der Waals surface area contributed by atoms with Gasteiger partial charge in [-0.05, 0) is 17.5 Å². The summed E-state index contributed by atoms with van der Waals surface area (Å²) >= 11 is 0. The lowest BCUT2D eigenvalue weighted by atomic mass is 9.92. The van der Waals surface area contributed by atoms with Gasteiger partial charge in [0, 0.05) is 30.6 Å². The Bertz CT molecular complexity index is 730. The third-order valence-corrected chi connectivity index (χ3v) is 3.80. The van der Waals surface area contributed by atoms with Gasteiger partial charge in [-0.25, -0.2) is 5.01 Å². The molecule has 1 aliphatic heterocycles. The molecular formula is C18H24N4O3. The number of ether oxygens (including phenoxy) is 1. The van der Waals surface area contributed by atoms with Crippen LogP contribution in [0.3, 0.4) is 0 Å². The molecule has 0 saturated carbocycles. The molecule has 1 saturated heterocycles. The molecule has 1 amide bonds. The van der Waals surface area contributed by atoms with Crippen LogP contribution in [-0.2, 0) is 11.2 Å². The average Bonchev–Trinajstić information content (AvgIpc) is 3.02. The number of hydrazine groups is 1. The molecule has 2 aromatic rings. The van der Waals surface area contributed by atoms with Gasteiger partial charge in [0.05, 0.1) is 13.2 Å². The second-order valence-corrected chi connectivity index (χ2v) is 7.37. The van der Waals surface area contributed by atoms with E-state index in [1.807, 2.05) is 17.1 Å². The van der Waals surface area contributed by atoms with Gasteiger partial charge in [0.1, 0.15) is 0 Å². The van der Waals surface area contributed by atoms with Crippen LogP contribution in [0.4, 0.5) is 0 Å². The molecule has 0 spiro atoms. The summed E-state index contributed by atoms with van der Waals surface area (Å²) in [7, 11) is 0. The van der Waals surface area contributed by atoms with E-state index in [1.165, 1.54) is 0 Å². The molecule has 0 aliphatic carbocycles. The van der Waals surface area contributed by atoms with Crippen molar-refractivity contribution >= 4 is 5.91 Å². The molecule has 25 heavy (non-hydrogen) atoms. The Balaban J connectivity index is 1.71. The summed E-state index contributed by atoms with van der Waals surface area (Å²) in [6.45, 7) is 8.98. The highest BCUT2D eigenvalue weighted by molar-refractivity contribution is 5.94. The van der Waals surface area contributed by atoms with E-state index >= 15 is 0 Å². The van der Waals surface area contributed by atoms with Crippen molar-refractivity contribution in [1.29, 1.82) is 0 Å². The van der Waals surface area contributed by atoms with Crippen LogP contribution in [0.15, 0.2) is 28.8 Å². The van der Waals surface area contributed by atoms with E-state index in [2.05, 4.69) is 36.3 Å². The van der Waals surface area contributed by atoms with E-state index in [0.717, 1.165) is 5.56 Å². The summed E-state index contributed by atoms with van der Waals surface area (Å²) in [5.74, 6) is 0.952. The van der Waals surface area contributed by atoms with Crippen LogP contribution >= 0.6 is 0 Å². The van der Waals surface area contributed by atoms with Crippen molar-refractivity contribution in [3.05, 3.63) is 35.7 Å². The van der Waals surface area contributed by atoms with Crippen molar-refractivity contribution in [2.45, 2.75) is 27.2 Å². The number of carbonyl (C=O) groups is 1. The van der Waals surface area contributed by atoms with E-state index in [4.69, 9.17) is 9.26 Å². The van der Waals surface area contributed by atoms with Gasteiger partial charge in [-0.2, -0.15) is 4.98 Å². The Morgan fingerprint density at radius 1 is 1.28 bits per heavy atom. The summed E-state index contributed by atoms with van der Waals surface area (Å²) in [4.78, 5) is 16.9. The van der Waals surface area contributed by atoms with Gasteiger partial charge in [0.2, 0.25) is 11.7 Å². The number of nitrogens with one attached hydrogen (secondary N) is 1. The van der Waals surface area contributed by atoms with E-state index in [0.29, 0.717) is 50.0 Å². The van der Waals surface area contributed by atoms with E-state index < -0.39 is 0 Å². The zero-order valence-corrected chi connectivity index (χ0v) is 14.9. The summed E-state index contributed by atoms with van der Waals surface area (Å²) in [6, 6.07) is 7.25. The maximum absolute atomic E-state index is 12.4. The fourth-order valence-corrected chi connectivity index (χ4v) is 2.58. The van der Waals surface area contributed by atoms with Gasteiger partial charge < -0.3 is 9.26 Å². The summed E-state index contributed by atoms with van der Waals surface area (Å²) in [5.41, 5.74) is 4.30. The molecule has 1 aromatic carbocycles. The van der Waals surface area contributed by atoms with Crippen molar-refractivity contribution in [3.63, 3.8) is 0 Å². The van der Waals surface area contributed by atoms with Gasteiger partial charge >= 0.3 is 0 Å². The van der Waals surface area contributed by atoms with Crippen LogP contribution in [0, 0.1) is 5.41 Å². The molecule has 7 nitrogen and oxygen atoms in total. The number of morpholine rings is 1. The largest absolute Gasteiger partial charge is 0.379 e. The van der Waals surface area contributed by atoms with Gasteiger partial charge in [0.15, 0.2) is 0 Å². The Hall–Kier alpha value is -2.25. The number of rotatable bonds is 4. The third kappa shape index (κ3) is 4.87. The molecule has 134 valence electrons. The molecule has 0 unspecified atom stereocenters. The first-order valence-corrected chi connectivity index (χ1v) is 8.47. The van der Waals surface area contributed by atoms with E-state index in [1.54, 1.807) is 12.1 Å². The molecule has 0 radical (unpaired) electrons. The van der Waals surface area contributed by atoms with Gasteiger partial charge in [-0.3, -0.25) is 10.2 Å². The number of hydrogen-bond donors (Lipinski definition) is 1. The number of aromatic nitrogens is 2. The summed E-state index contributed by atoms with van der Waals surface area (Å²) in [5, 5.41) is 5.91. The quantitative estimate of drug-likeness (QED) is 0.917.